The van der Waals surface area contributed by atoms with E-state index in [0.29, 0.717) is 26.2 Å². The number of aldehydes is 1. The van der Waals surface area contributed by atoms with Crippen molar-refractivity contribution < 1.29 is 33.6 Å². The molecule has 1 saturated carbocycles. The molecule has 0 aromatic rings. The van der Waals surface area contributed by atoms with Gasteiger partial charge in [-0.25, -0.2) is 0 Å². The second-order valence-electron chi connectivity index (χ2n) is 9.58. The Morgan fingerprint density at radius 3 is 2.06 bits per heavy atom. The van der Waals surface area contributed by atoms with Crippen LogP contribution in [0.15, 0.2) is 5.11 Å². The number of nitrogens with zero attached hydrogens (tertiary/aromatic N) is 3. The van der Waals surface area contributed by atoms with Gasteiger partial charge >= 0.3 is 0 Å². The van der Waals surface area contributed by atoms with Gasteiger partial charge in [-0.05, 0) is 44.6 Å². The lowest BCUT2D eigenvalue weighted by Gasteiger charge is -2.47. The lowest BCUT2D eigenvalue weighted by Crippen LogP contribution is -2.62. The molecule has 0 spiro atoms. The first-order chi connectivity index (χ1) is 17.0. The van der Waals surface area contributed by atoms with Crippen LogP contribution in [0.2, 0.25) is 0 Å². The van der Waals surface area contributed by atoms with Crippen molar-refractivity contribution in [3.05, 3.63) is 10.4 Å². The Balaban J connectivity index is 2.28. The molecule has 0 bridgehead atoms. The van der Waals surface area contributed by atoms with Crippen molar-refractivity contribution in [2.24, 2.45) is 11.0 Å². The molecular weight excluding hydrogens is 454 g/mol. The second kappa shape index (κ2) is 16.5. The number of unbranched alkanes of at least 4 members (excludes halogenated alkanes) is 3. The van der Waals surface area contributed by atoms with Crippen LogP contribution in [0.4, 0.5) is 0 Å². The van der Waals surface area contributed by atoms with Gasteiger partial charge in [-0.15, -0.1) is 0 Å². The summed E-state index contributed by atoms with van der Waals surface area (Å²) in [6.07, 6.45) is 2.79. The minimum Gasteiger partial charge on any atom is -0.390 e. The highest BCUT2D eigenvalue weighted by Gasteiger charge is 2.49. The fourth-order valence-electron chi connectivity index (χ4n) is 4.64. The number of carbonyl (C=O) groups is 1. The van der Waals surface area contributed by atoms with Crippen LogP contribution in [0.5, 0.6) is 0 Å². The molecule has 10 nitrogen and oxygen atoms in total. The van der Waals surface area contributed by atoms with E-state index >= 15 is 0 Å². The molecule has 2 fully saturated rings. The van der Waals surface area contributed by atoms with Crippen molar-refractivity contribution in [1.29, 1.82) is 0 Å². The highest BCUT2D eigenvalue weighted by atomic mass is 16.7. The van der Waals surface area contributed by atoms with Crippen LogP contribution in [0.3, 0.4) is 0 Å². The number of aliphatic hydroxyl groups excluding tert-OH is 1. The van der Waals surface area contributed by atoms with Gasteiger partial charge in [-0.2, -0.15) is 0 Å². The van der Waals surface area contributed by atoms with Crippen LogP contribution in [-0.4, -0.2) is 80.2 Å². The summed E-state index contributed by atoms with van der Waals surface area (Å²) in [6, 6.07) is -0.688. The maximum atomic E-state index is 11.3. The molecule has 0 radical (unpaired) electrons. The fraction of sp³-hybridized carbons (Fsp3) is 0.960. The molecule has 1 heterocycles. The minimum atomic E-state index is -0.970. The zero-order valence-electron chi connectivity index (χ0n) is 21.8. The highest BCUT2D eigenvalue weighted by Crippen LogP contribution is 2.34. The molecule has 1 saturated heterocycles. The van der Waals surface area contributed by atoms with Crippen LogP contribution in [0, 0.1) is 5.92 Å². The minimum absolute atomic E-state index is 0.244. The Hall–Kier alpha value is -1.26. The Labute approximate surface area is 209 Å². The molecule has 2 rings (SSSR count). The van der Waals surface area contributed by atoms with Gasteiger partial charge < -0.3 is 33.6 Å². The van der Waals surface area contributed by atoms with Crippen molar-refractivity contribution in [2.45, 2.75) is 128 Å². The van der Waals surface area contributed by atoms with Gasteiger partial charge in [0.15, 0.2) is 6.29 Å². The molecule has 0 amide bonds. The monoisotopic (exact) mass is 499 g/mol. The van der Waals surface area contributed by atoms with Gasteiger partial charge in [0.05, 0.1) is 24.4 Å². The van der Waals surface area contributed by atoms with Gasteiger partial charge in [0, 0.05) is 30.7 Å². The average Bonchev–Trinajstić information content (AvgIpc) is 2.84. The van der Waals surface area contributed by atoms with Crippen LogP contribution in [0.25, 0.3) is 10.4 Å². The van der Waals surface area contributed by atoms with Crippen LogP contribution in [-0.2, 0) is 28.5 Å². The maximum absolute atomic E-state index is 11.3. The quantitative estimate of drug-likeness (QED) is 0.110. The predicted octanol–water partition coefficient (Wildman–Crippen LogP) is 4.32. The molecule has 1 N–H and O–H groups in total. The van der Waals surface area contributed by atoms with E-state index in [1.54, 1.807) is 0 Å². The van der Waals surface area contributed by atoms with Gasteiger partial charge in [0.1, 0.15) is 24.6 Å². The zero-order chi connectivity index (χ0) is 25.6. The number of azide groups is 1. The number of hydrogen-bond acceptors (Lipinski definition) is 8. The number of rotatable bonds is 16. The smallest absolute Gasteiger partial charge is 0.187 e. The molecule has 1 aliphatic heterocycles. The van der Waals surface area contributed by atoms with Crippen LogP contribution in [0.1, 0.15) is 79.1 Å². The van der Waals surface area contributed by atoms with Gasteiger partial charge in [0.25, 0.3) is 0 Å². The largest absolute Gasteiger partial charge is 0.390 e. The van der Waals surface area contributed by atoms with Crippen molar-refractivity contribution in [3.63, 3.8) is 0 Å². The topological polar surface area (TPSA) is 132 Å². The summed E-state index contributed by atoms with van der Waals surface area (Å²) in [4.78, 5) is 14.3. The first-order valence-electron chi connectivity index (χ1n) is 13.3. The Bertz CT molecular complexity index is 649. The zero-order valence-corrected chi connectivity index (χ0v) is 21.8. The molecule has 1 aliphatic carbocycles. The van der Waals surface area contributed by atoms with E-state index in [2.05, 4.69) is 30.8 Å². The normalized spacial score (nSPS) is 35.4. The van der Waals surface area contributed by atoms with Crippen LogP contribution < -0.4 is 0 Å². The van der Waals surface area contributed by atoms with Crippen molar-refractivity contribution in [2.75, 3.05) is 19.8 Å². The third kappa shape index (κ3) is 8.97. The second-order valence-corrected chi connectivity index (χ2v) is 9.58. The van der Waals surface area contributed by atoms with Gasteiger partial charge in [0.2, 0.25) is 0 Å². The summed E-state index contributed by atoms with van der Waals surface area (Å²) in [7, 11) is 0. The predicted molar refractivity (Wildman–Crippen MR) is 131 cm³/mol. The Morgan fingerprint density at radius 2 is 1.51 bits per heavy atom. The molecule has 202 valence electrons. The van der Waals surface area contributed by atoms with Gasteiger partial charge in [-0.1, -0.05) is 45.1 Å². The molecule has 35 heavy (non-hydrogen) atoms. The summed E-state index contributed by atoms with van der Waals surface area (Å²) in [5.41, 5.74) is 9.07. The standard InChI is InChI=1S/C25H45N3O7/c1-5-8-11-31-21-17(4)34-25(24(33-13-10-7-3)23(21)32-12-9-6-2)35-22-19(27-28-26)14-18(16-29)15-20(22)30/h16-25,30H,5-15H2,1-4H3. The number of carbonyl (C=O) groups excluding carboxylic acids is 1. The summed E-state index contributed by atoms with van der Waals surface area (Å²) < 4.78 is 31.4. The molecule has 9 atom stereocenters. The average molecular weight is 500 g/mol. The lowest BCUT2D eigenvalue weighted by molar-refractivity contribution is -0.332. The van der Waals surface area contributed by atoms with E-state index in [9.17, 15) is 9.90 Å². The molecule has 10 heteroatoms. The molecule has 0 aromatic heterocycles. The summed E-state index contributed by atoms with van der Waals surface area (Å²) in [6.45, 7) is 9.92. The van der Waals surface area contributed by atoms with Gasteiger partial charge in [-0.3, -0.25) is 0 Å². The number of aliphatic hydroxyl groups is 1. The molecule has 2 aliphatic rings. The third-order valence-corrected chi connectivity index (χ3v) is 6.68. The van der Waals surface area contributed by atoms with E-state index in [-0.39, 0.29) is 24.5 Å². The first-order valence-corrected chi connectivity index (χ1v) is 13.3. The fourth-order valence-corrected chi connectivity index (χ4v) is 4.64. The Kier molecular flexibility index (Phi) is 14.1. The first kappa shape index (κ1) is 30.0. The lowest BCUT2D eigenvalue weighted by atomic mass is 9.82. The Morgan fingerprint density at radius 1 is 0.943 bits per heavy atom. The highest BCUT2D eigenvalue weighted by molar-refractivity contribution is 5.54. The number of ether oxygens (including phenoxy) is 5. The summed E-state index contributed by atoms with van der Waals surface area (Å²) >= 11 is 0. The van der Waals surface area contributed by atoms with Crippen molar-refractivity contribution in [3.8, 4) is 0 Å². The third-order valence-electron chi connectivity index (χ3n) is 6.68. The van der Waals surface area contributed by atoms with E-state index in [1.165, 1.54) is 0 Å². The molecular formula is C25H45N3O7. The molecule has 9 unspecified atom stereocenters. The maximum Gasteiger partial charge on any atom is 0.187 e. The summed E-state index contributed by atoms with van der Waals surface area (Å²) in [5.74, 6) is -0.385. The van der Waals surface area contributed by atoms with E-state index < -0.39 is 36.7 Å². The van der Waals surface area contributed by atoms with Crippen molar-refractivity contribution >= 4 is 6.29 Å². The van der Waals surface area contributed by atoms with Crippen LogP contribution >= 0.6 is 0 Å². The molecule has 0 aromatic carbocycles. The van der Waals surface area contributed by atoms with E-state index in [1.807, 2.05) is 6.92 Å². The number of hydrogen-bond donors (Lipinski definition) is 1. The summed E-state index contributed by atoms with van der Waals surface area (Å²) in [5, 5.41) is 14.6. The SMILES string of the molecule is CCCCOC1C(C)OC(OC2C(O)CC(C=O)CC2N=[N+]=[N-])C(OCCCC)C1OCCCC. The van der Waals surface area contributed by atoms with E-state index in [4.69, 9.17) is 29.2 Å². The van der Waals surface area contributed by atoms with E-state index in [0.717, 1.165) is 44.8 Å². The van der Waals surface area contributed by atoms with Crippen molar-refractivity contribution in [1.82, 2.24) is 0 Å².